The summed E-state index contributed by atoms with van der Waals surface area (Å²) in [4.78, 5) is 35.9. The smallest absolute Gasteiger partial charge is 0.372 e. The molecule has 5 nitrogen and oxygen atoms in total. The van der Waals surface area contributed by atoms with Gasteiger partial charge >= 0.3 is 5.97 Å². The highest BCUT2D eigenvalue weighted by Crippen LogP contribution is 2.52. The van der Waals surface area contributed by atoms with Gasteiger partial charge in [-0.1, -0.05) is 74.2 Å². The van der Waals surface area contributed by atoms with Gasteiger partial charge in [-0.2, -0.15) is 0 Å². The number of carbonyl (C=O) groups is 3. The molecule has 4 aliphatic carbocycles. The van der Waals surface area contributed by atoms with Crippen LogP contribution in [-0.4, -0.2) is 22.6 Å². The van der Waals surface area contributed by atoms with Crippen molar-refractivity contribution in [2.75, 3.05) is 0 Å². The molecule has 1 aromatic heterocycles. The molecule has 5 heteroatoms. The van der Waals surface area contributed by atoms with Crippen LogP contribution in [0, 0.1) is 11.8 Å². The normalized spacial score (nSPS) is 25.0. The van der Waals surface area contributed by atoms with Crippen molar-refractivity contribution in [3.05, 3.63) is 94.9 Å². The molecule has 2 saturated carbocycles. The number of fused-ring (bicyclic) bond motifs is 2. The fourth-order valence-corrected chi connectivity index (χ4v) is 9.54. The molecule has 2 fully saturated rings. The summed E-state index contributed by atoms with van der Waals surface area (Å²) in [5.74, 6) is -0.122. The van der Waals surface area contributed by atoms with Crippen molar-refractivity contribution in [1.29, 1.82) is 0 Å². The van der Waals surface area contributed by atoms with Gasteiger partial charge in [-0.15, -0.1) is 0 Å². The molecule has 0 bridgehead atoms. The van der Waals surface area contributed by atoms with Crippen molar-refractivity contribution in [3.8, 4) is 0 Å². The molecule has 1 heterocycles. The fraction of sp³-hybridized carbons (Fsp3) is 0.513. The van der Waals surface area contributed by atoms with Crippen molar-refractivity contribution in [1.82, 2.24) is 0 Å². The number of ketones is 2. The third kappa shape index (κ3) is 5.95. The van der Waals surface area contributed by atoms with Gasteiger partial charge in [-0.3, -0.25) is 9.59 Å². The number of carboxylic acids is 1. The number of aryl methyl sites for hydroxylation is 2. The van der Waals surface area contributed by atoms with E-state index in [1.807, 2.05) is 18.2 Å². The summed E-state index contributed by atoms with van der Waals surface area (Å²) in [6.45, 7) is 0. The molecule has 7 rings (SSSR count). The monoisotopic (exact) mass is 594 g/mol. The lowest BCUT2D eigenvalue weighted by atomic mass is 9.60. The molecule has 1 N–H and O–H groups in total. The first kappa shape index (κ1) is 30.6. The Morgan fingerprint density at radius 2 is 1.16 bits per heavy atom. The SMILES string of the molecule is O=C(CC1(C2CCCC2)CCCc2ccccc21)c1ccco1.O=C(O)C(=O)CC1(C2CCCC2)CCCc2ccccc21. The van der Waals surface area contributed by atoms with Crippen molar-refractivity contribution in [2.45, 2.75) is 114 Å². The Morgan fingerprint density at radius 3 is 1.64 bits per heavy atom. The Hall–Kier alpha value is -3.47. The summed E-state index contributed by atoms with van der Waals surface area (Å²) in [5.41, 5.74) is 5.25. The van der Waals surface area contributed by atoms with E-state index in [2.05, 4.69) is 36.4 Å². The minimum absolute atomic E-state index is 0.0230. The minimum Gasteiger partial charge on any atom is -0.476 e. The van der Waals surface area contributed by atoms with Gasteiger partial charge in [0, 0.05) is 23.7 Å². The van der Waals surface area contributed by atoms with E-state index in [1.54, 1.807) is 12.3 Å². The fourth-order valence-electron chi connectivity index (χ4n) is 9.54. The summed E-state index contributed by atoms with van der Waals surface area (Å²) < 4.78 is 5.38. The second kappa shape index (κ2) is 13.3. The highest BCUT2D eigenvalue weighted by atomic mass is 16.4. The number of rotatable bonds is 8. The van der Waals surface area contributed by atoms with Gasteiger partial charge in [0.1, 0.15) is 0 Å². The van der Waals surface area contributed by atoms with Crippen LogP contribution in [-0.2, 0) is 33.3 Å². The van der Waals surface area contributed by atoms with Crippen LogP contribution < -0.4 is 0 Å². The highest BCUT2D eigenvalue weighted by molar-refractivity contribution is 6.33. The quantitative estimate of drug-likeness (QED) is 0.208. The molecule has 232 valence electrons. The van der Waals surface area contributed by atoms with Gasteiger partial charge in [-0.25, -0.2) is 4.79 Å². The number of Topliss-reactive ketones (excluding diaryl/α,β-unsaturated/α-hetero) is 2. The average molecular weight is 595 g/mol. The van der Waals surface area contributed by atoms with E-state index in [9.17, 15) is 14.4 Å². The van der Waals surface area contributed by atoms with E-state index in [4.69, 9.17) is 9.52 Å². The second-order valence-corrected chi connectivity index (χ2v) is 13.8. The van der Waals surface area contributed by atoms with E-state index in [0.29, 0.717) is 24.0 Å². The van der Waals surface area contributed by atoms with Crippen LogP contribution >= 0.6 is 0 Å². The Bertz CT molecular complexity index is 1460. The molecular weight excluding hydrogens is 548 g/mol. The molecule has 44 heavy (non-hydrogen) atoms. The number of hydrogen-bond acceptors (Lipinski definition) is 4. The molecule has 4 aliphatic rings. The molecular formula is C39H46O5. The third-order valence-corrected chi connectivity index (χ3v) is 11.5. The molecule has 2 unspecified atom stereocenters. The van der Waals surface area contributed by atoms with Gasteiger partial charge < -0.3 is 9.52 Å². The largest absolute Gasteiger partial charge is 0.476 e. The van der Waals surface area contributed by atoms with E-state index in [-0.39, 0.29) is 23.0 Å². The van der Waals surface area contributed by atoms with Gasteiger partial charge in [0.05, 0.1) is 6.26 Å². The first-order valence-corrected chi connectivity index (χ1v) is 16.9. The summed E-state index contributed by atoms with van der Waals surface area (Å²) in [6, 6.07) is 20.8. The number of carboxylic acid groups (broad SMARTS) is 1. The van der Waals surface area contributed by atoms with E-state index >= 15 is 0 Å². The lowest BCUT2D eigenvalue weighted by Gasteiger charge is -2.43. The first-order valence-electron chi connectivity index (χ1n) is 16.9. The first-order chi connectivity index (χ1) is 21.4. The van der Waals surface area contributed by atoms with Crippen LogP contribution in [0.15, 0.2) is 71.3 Å². The third-order valence-electron chi connectivity index (χ3n) is 11.5. The van der Waals surface area contributed by atoms with Crippen LogP contribution in [0.4, 0.5) is 0 Å². The number of carbonyl (C=O) groups excluding carboxylic acids is 2. The van der Waals surface area contributed by atoms with Crippen LogP contribution in [0.3, 0.4) is 0 Å². The van der Waals surface area contributed by atoms with Crippen molar-refractivity contribution in [2.24, 2.45) is 11.8 Å². The number of aliphatic carboxylic acids is 1. The summed E-state index contributed by atoms with van der Waals surface area (Å²) >= 11 is 0. The van der Waals surface area contributed by atoms with Crippen molar-refractivity contribution < 1.29 is 23.9 Å². The van der Waals surface area contributed by atoms with Gasteiger partial charge in [0.2, 0.25) is 5.78 Å². The molecule has 2 atom stereocenters. The Morgan fingerprint density at radius 1 is 0.659 bits per heavy atom. The standard InChI is InChI=1S/C21H24O2.C18H22O3/c22-19(20-12-6-14-23-20)15-21(17-9-2-3-10-17)13-5-8-16-7-1-4-11-18(16)21;19-16(17(20)21)12-18(14-8-2-3-9-14)11-5-7-13-6-1-4-10-15(13)18/h1,4,6-7,11-12,14,17H,2-3,5,8-10,13,15H2;1,4,6,10,14H,2-3,5,7-9,11-12H2,(H,20,21). The van der Waals surface area contributed by atoms with Crippen molar-refractivity contribution in [3.63, 3.8) is 0 Å². The number of benzene rings is 2. The van der Waals surface area contributed by atoms with E-state index < -0.39 is 11.8 Å². The number of furan rings is 1. The summed E-state index contributed by atoms with van der Waals surface area (Å²) in [7, 11) is 0. The summed E-state index contributed by atoms with van der Waals surface area (Å²) in [5, 5.41) is 9.07. The Labute approximate surface area is 261 Å². The topological polar surface area (TPSA) is 84.6 Å². The number of hydrogen-bond donors (Lipinski definition) is 1. The van der Waals surface area contributed by atoms with E-state index in [1.165, 1.54) is 67.2 Å². The van der Waals surface area contributed by atoms with Crippen molar-refractivity contribution >= 4 is 17.5 Å². The average Bonchev–Trinajstić information content (AvgIpc) is 3.86. The minimum atomic E-state index is -1.28. The summed E-state index contributed by atoms with van der Waals surface area (Å²) in [6.07, 6.45) is 18.7. The maximum absolute atomic E-state index is 12.9. The molecule has 0 spiro atoms. The van der Waals surface area contributed by atoms with Gasteiger partial charge in [-0.05, 0) is 110 Å². The maximum atomic E-state index is 12.9. The lowest BCUT2D eigenvalue weighted by Crippen LogP contribution is -2.41. The zero-order chi connectivity index (χ0) is 30.6. The zero-order valence-corrected chi connectivity index (χ0v) is 25.9. The van der Waals surface area contributed by atoms with Crippen LogP contribution in [0.5, 0.6) is 0 Å². The van der Waals surface area contributed by atoms with Gasteiger partial charge in [0.15, 0.2) is 11.5 Å². The maximum Gasteiger partial charge on any atom is 0.372 e. The van der Waals surface area contributed by atoms with Crippen LogP contribution in [0.2, 0.25) is 0 Å². The molecule has 2 aromatic carbocycles. The Balaban J connectivity index is 0.000000157. The molecule has 0 saturated heterocycles. The molecule has 0 aliphatic heterocycles. The lowest BCUT2D eigenvalue weighted by molar-refractivity contribution is -0.150. The predicted octanol–water partition coefficient (Wildman–Crippen LogP) is 8.81. The highest BCUT2D eigenvalue weighted by Gasteiger charge is 2.47. The second-order valence-electron chi connectivity index (χ2n) is 13.8. The predicted molar refractivity (Wildman–Crippen MR) is 171 cm³/mol. The molecule has 0 amide bonds. The zero-order valence-electron chi connectivity index (χ0n) is 25.9. The Kier molecular flexibility index (Phi) is 9.21. The molecule has 0 radical (unpaired) electrons. The van der Waals surface area contributed by atoms with Gasteiger partial charge in [0.25, 0.3) is 0 Å². The van der Waals surface area contributed by atoms with Crippen LogP contribution in [0.1, 0.15) is 123 Å². The van der Waals surface area contributed by atoms with E-state index in [0.717, 1.165) is 44.9 Å². The molecule has 3 aromatic rings. The van der Waals surface area contributed by atoms with Crippen LogP contribution in [0.25, 0.3) is 0 Å².